The maximum Gasteiger partial charge on any atom is 0.247 e. The Hall–Kier alpha value is -2.34. The number of morpholine rings is 1. The number of ketones is 2. The molecular weight excluding hydrogens is 274 g/mol. The van der Waals surface area contributed by atoms with Crippen molar-refractivity contribution < 1.29 is 24.2 Å². The largest absolute Gasteiger partial charge is 0.508 e. The third kappa shape index (κ3) is 2.75. The van der Waals surface area contributed by atoms with Crippen LogP contribution in [0.1, 0.15) is 11.7 Å². The van der Waals surface area contributed by atoms with E-state index in [2.05, 4.69) is 0 Å². The molecule has 2 heterocycles. The molecule has 0 spiro atoms. The molecule has 1 aromatic rings. The summed E-state index contributed by atoms with van der Waals surface area (Å²) in [6, 6.07) is 6.08. The van der Waals surface area contributed by atoms with E-state index in [1.165, 1.54) is 18.2 Å². The van der Waals surface area contributed by atoms with Crippen molar-refractivity contribution in [2.45, 2.75) is 6.10 Å². The van der Waals surface area contributed by atoms with Gasteiger partial charge >= 0.3 is 0 Å². The van der Waals surface area contributed by atoms with Crippen LogP contribution in [0.2, 0.25) is 0 Å². The van der Waals surface area contributed by atoms with Crippen molar-refractivity contribution in [3.05, 3.63) is 41.8 Å². The quantitative estimate of drug-likeness (QED) is 0.811. The van der Waals surface area contributed by atoms with Crippen LogP contribution in [0.25, 0.3) is 0 Å². The number of carbonyl (C=O) groups excluding carboxylic acids is 2. The summed E-state index contributed by atoms with van der Waals surface area (Å²) in [7, 11) is 0. The van der Waals surface area contributed by atoms with E-state index in [9.17, 15) is 14.7 Å². The van der Waals surface area contributed by atoms with E-state index in [0.717, 1.165) is 0 Å². The number of benzene rings is 1. The second-order valence-electron chi connectivity index (χ2n) is 4.90. The number of phenolic OH excluding ortho intramolecular Hbond substituents is 1. The van der Waals surface area contributed by atoms with Gasteiger partial charge in [0.05, 0.1) is 13.2 Å². The topological polar surface area (TPSA) is 76.1 Å². The molecule has 6 heteroatoms. The molecule has 2 aliphatic heterocycles. The number of rotatable bonds is 2. The number of aromatic hydroxyl groups is 1. The Morgan fingerprint density at radius 1 is 1.10 bits per heavy atom. The molecule has 1 N–H and O–H groups in total. The van der Waals surface area contributed by atoms with Crippen molar-refractivity contribution in [1.82, 2.24) is 4.90 Å². The highest BCUT2D eigenvalue weighted by Gasteiger charge is 2.35. The minimum atomic E-state index is -0.957. The van der Waals surface area contributed by atoms with Crippen molar-refractivity contribution >= 4 is 11.6 Å². The predicted octanol–water partition coefficient (Wildman–Crippen LogP) is 0.775. The fraction of sp³-hybridized carbons (Fsp3) is 0.333. The van der Waals surface area contributed by atoms with Crippen LogP contribution < -0.4 is 0 Å². The number of phenols is 1. The molecule has 0 saturated carbocycles. The van der Waals surface area contributed by atoms with Crippen LogP contribution in [0, 0.1) is 0 Å². The van der Waals surface area contributed by atoms with Gasteiger partial charge in [-0.15, -0.1) is 0 Å². The smallest absolute Gasteiger partial charge is 0.247 e. The number of carbonyl (C=O) groups is 2. The molecule has 1 aromatic carbocycles. The molecule has 3 rings (SSSR count). The van der Waals surface area contributed by atoms with Crippen molar-refractivity contribution in [3.8, 4) is 5.75 Å². The van der Waals surface area contributed by atoms with Gasteiger partial charge < -0.3 is 19.5 Å². The Labute approximate surface area is 121 Å². The predicted molar refractivity (Wildman–Crippen MR) is 72.4 cm³/mol. The summed E-state index contributed by atoms with van der Waals surface area (Å²) in [5.74, 6) is -0.670. The number of hydrogen-bond acceptors (Lipinski definition) is 6. The van der Waals surface area contributed by atoms with E-state index in [1.54, 1.807) is 12.1 Å². The average Bonchev–Trinajstić information content (AvgIpc) is 2.52. The molecule has 21 heavy (non-hydrogen) atoms. The van der Waals surface area contributed by atoms with Crippen LogP contribution in [0.5, 0.6) is 5.75 Å². The monoisotopic (exact) mass is 289 g/mol. The number of Topliss-reactive ketones (excluding diaryl/α,β-unsaturated/α-hetero) is 1. The van der Waals surface area contributed by atoms with E-state index in [0.29, 0.717) is 37.7 Å². The van der Waals surface area contributed by atoms with Gasteiger partial charge in [0, 0.05) is 24.7 Å². The summed E-state index contributed by atoms with van der Waals surface area (Å²) in [5.41, 5.74) is 0.546. The number of allylic oxidation sites excluding steroid dienone is 1. The fourth-order valence-electron chi connectivity index (χ4n) is 2.34. The first-order valence-corrected chi connectivity index (χ1v) is 6.73. The van der Waals surface area contributed by atoms with Crippen LogP contribution in [-0.2, 0) is 19.1 Å². The van der Waals surface area contributed by atoms with E-state index in [-0.39, 0.29) is 5.75 Å². The summed E-state index contributed by atoms with van der Waals surface area (Å²) in [6.45, 7) is 2.37. The zero-order valence-electron chi connectivity index (χ0n) is 11.3. The summed E-state index contributed by atoms with van der Waals surface area (Å²) < 4.78 is 11.0. The molecule has 110 valence electrons. The molecule has 6 nitrogen and oxygen atoms in total. The first-order chi connectivity index (χ1) is 10.1. The van der Waals surface area contributed by atoms with Gasteiger partial charge in [-0.1, -0.05) is 12.1 Å². The van der Waals surface area contributed by atoms with Crippen LogP contribution in [-0.4, -0.2) is 47.9 Å². The second-order valence-corrected chi connectivity index (χ2v) is 4.90. The van der Waals surface area contributed by atoms with Gasteiger partial charge in [0.15, 0.2) is 12.0 Å². The number of nitrogens with zero attached hydrogens (tertiary/aromatic N) is 1. The van der Waals surface area contributed by atoms with Gasteiger partial charge in [-0.05, 0) is 12.1 Å². The van der Waals surface area contributed by atoms with Crippen molar-refractivity contribution in [2.75, 3.05) is 26.3 Å². The summed E-state index contributed by atoms with van der Waals surface area (Å²) in [4.78, 5) is 25.8. The van der Waals surface area contributed by atoms with Gasteiger partial charge in [0.2, 0.25) is 11.6 Å². The maximum absolute atomic E-state index is 12.0. The summed E-state index contributed by atoms with van der Waals surface area (Å²) >= 11 is 0. The highest BCUT2D eigenvalue weighted by molar-refractivity contribution is 6.43. The Balaban J connectivity index is 1.85. The third-order valence-corrected chi connectivity index (χ3v) is 3.49. The molecule has 0 bridgehead atoms. The van der Waals surface area contributed by atoms with Gasteiger partial charge in [0.25, 0.3) is 0 Å². The molecule has 0 aliphatic carbocycles. The Morgan fingerprint density at radius 3 is 2.43 bits per heavy atom. The van der Waals surface area contributed by atoms with Gasteiger partial charge in [-0.2, -0.15) is 0 Å². The van der Waals surface area contributed by atoms with Crippen molar-refractivity contribution in [3.63, 3.8) is 0 Å². The van der Waals surface area contributed by atoms with Gasteiger partial charge in [-0.25, -0.2) is 0 Å². The van der Waals surface area contributed by atoms with Gasteiger partial charge in [0.1, 0.15) is 5.75 Å². The van der Waals surface area contributed by atoms with Gasteiger partial charge in [-0.3, -0.25) is 9.59 Å². The summed E-state index contributed by atoms with van der Waals surface area (Å²) in [5, 5.41) is 9.30. The fourth-order valence-corrected chi connectivity index (χ4v) is 2.34. The lowest BCUT2D eigenvalue weighted by atomic mass is 10.0. The second kappa shape index (κ2) is 5.57. The first kappa shape index (κ1) is 13.6. The lowest BCUT2D eigenvalue weighted by Crippen LogP contribution is -2.40. The number of ether oxygens (including phenoxy) is 2. The highest BCUT2D eigenvalue weighted by Crippen LogP contribution is 2.29. The average molecular weight is 289 g/mol. The Bertz CT molecular complexity index is 587. The zero-order chi connectivity index (χ0) is 14.8. The van der Waals surface area contributed by atoms with E-state index in [4.69, 9.17) is 9.47 Å². The summed E-state index contributed by atoms with van der Waals surface area (Å²) in [6.07, 6.45) is 0.283. The zero-order valence-corrected chi connectivity index (χ0v) is 11.3. The van der Waals surface area contributed by atoms with E-state index in [1.807, 2.05) is 4.90 Å². The van der Waals surface area contributed by atoms with E-state index < -0.39 is 17.7 Å². The number of hydrogen-bond donors (Lipinski definition) is 1. The molecule has 0 amide bonds. The Kier molecular flexibility index (Phi) is 3.62. The highest BCUT2D eigenvalue weighted by atomic mass is 16.5. The molecule has 2 aliphatic rings. The molecule has 1 saturated heterocycles. The van der Waals surface area contributed by atoms with Crippen molar-refractivity contribution in [2.24, 2.45) is 0 Å². The third-order valence-electron chi connectivity index (χ3n) is 3.49. The molecule has 1 atom stereocenters. The molecule has 1 fully saturated rings. The van der Waals surface area contributed by atoms with Crippen LogP contribution in [0.4, 0.5) is 0 Å². The standard InChI is InChI=1S/C15H15NO5/c17-11-3-1-10(2-4-11)15-14(19)12(18)9-13(21-15)16-5-7-20-8-6-16/h1-4,9,15,17H,5-8H2. The van der Waals surface area contributed by atoms with Crippen LogP contribution in [0.15, 0.2) is 36.2 Å². The lowest BCUT2D eigenvalue weighted by molar-refractivity contribution is -0.144. The van der Waals surface area contributed by atoms with Crippen molar-refractivity contribution in [1.29, 1.82) is 0 Å². The SMILES string of the molecule is O=C1C=C(N2CCOCC2)OC(c2ccc(O)cc2)C1=O. The molecule has 0 radical (unpaired) electrons. The van der Waals surface area contributed by atoms with E-state index >= 15 is 0 Å². The first-order valence-electron chi connectivity index (χ1n) is 6.73. The maximum atomic E-state index is 12.0. The van der Waals surface area contributed by atoms with Crippen LogP contribution in [0.3, 0.4) is 0 Å². The molecule has 0 aromatic heterocycles. The minimum absolute atomic E-state index is 0.0947. The van der Waals surface area contributed by atoms with Crippen LogP contribution >= 0.6 is 0 Å². The molecular formula is C15H15NO5. The lowest BCUT2D eigenvalue weighted by Gasteiger charge is -2.34. The minimum Gasteiger partial charge on any atom is -0.508 e. The Morgan fingerprint density at radius 2 is 1.76 bits per heavy atom. The molecule has 1 unspecified atom stereocenters. The normalized spacial score (nSPS) is 22.8.